The maximum atomic E-state index is 12.3. The Morgan fingerprint density at radius 1 is 1.18 bits per heavy atom. The number of benzene rings is 1. The van der Waals surface area contributed by atoms with Crippen LogP contribution in [0.25, 0.3) is 16.9 Å². The van der Waals surface area contributed by atoms with Crippen LogP contribution >= 0.6 is 0 Å². The SMILES string of the molecule is COC(=O)c1occc1-n1c(-c2ccccc2)cc2c1CCC(C(C)(C)C)C2. The Labute approximate surface area is 166 Å². The zero-order valence-electron chi connectivity index (χ0n) is 17.0. The van der Waals surface area contributed by atoms with Crippen molar-refractivity contribution in [2.75, 3.05) is 7.11 Å². The van der Waals surface area contributed by atoms with Crippen molar-refractivity contribution < 1.29 is 13.9 Å². The van der Waals surface area contributed by atoms with Crippen LogP contribution in [0.5, 0.6) is 0 Å². The van der Waals surface area contributed by atoms with E-state index in [2.05, 4.69) is 43.5 Å². The third-order valence-electron chi connectivity index (χ3n) is 5.94. The van der Waals surface area contributed by atoms with Gasteiger partial charge in [-0.15, -0.1) is 0 Å². The van der Waals surface area contributed by atoms with Gasteiger partial charge in [-0.2, -0.15) is 0 Å². The van der Waals surface area contributed by atoms with Gasteiger partial charge in [0.15, 0.2) is 0 Å². The third-order valence-corrected chi connectivity index (χ3v) is 5.94. The number of carbonyl (C=O) groups excluding carboxylic acids is 1. The topological polar surface area (TPSA) is 44.4 Å². The predicted molar refractivity (Wildman–Crippen MR) is 110 cm³/mol. The molecule has 146 valence electrons. The molecule has 1 unspecified atom stereocenters. The molecular weight excluding hydrogens is 350 g/mol. The molecule has 3 aromatic rings. The van der Waals surface area contributed by atoms with Crippen molar-refractivity contribution in [3.63, 3.8) is 0 Å². The molecule has 0 saturated heterocycles. The van der Waals surface area contributed by atoms with Gasteiger partial charge in [0.1, 0.15) is 0 Å². The maximum absolute atomic E-state index is 12.3. The third kappa shape index (κ3) is 3.17. The molecule has 0 aliphatic heterocycles. The number of esters is 1. The molecule has 0 N–H and O–H groups in total. The van der Waals surface area contributed by atoms with Gasteiger partial charge in [0, 0.05) is 11.8 Å². The number of furan rings is 1. The highest BCUT2D eigenvalue weighted by molar-refractivity contribution is 5.91. The zero-order chi connectivity index (χ0) is 19.9. The minimum Gasteiger partial charge on any atom is -0.463 e. The molecule has 4 nitrogen and oxygen atoms in total. The van der Waals surface area contributed by atoms with Crippen LogP contribution in [0, 0.1) is 11.3 Å². The molecule has 0 radical (unpaired) electrons. The largest absolute Gasteiger partial charge is 0.463 e. The lowest BCUT2D eigenvalue weighted by molar-refractivity contribution is 0.0565. The van der Waals surface area contributed by atoms with Gasteiger partial charge in [0.05, 0.1) is 24.8 Å². The highest BCUT2D eigenvalue weighted by Crippen LogP contribution is 2.41. The summed E-state index contributed by atoms with van der Waals surface area (Å²) in [5.41, 5.74) is 5.88. The molecule has 1 aliphatic carbocycles. The standard InChI is InChI=1S/C24H27NO3/c1-24(2,3)18-10-11-19-17(14-18)15-21(16-8-6-5-7-9-16)25(19)20-12-13-28-22(20)23(26)27-4/h5-9,12-13,15,18H,10-11,14H2,1-4H3. The number of nitrogens with zero attached hydrogens (tertiary/aromatic N) is 1. The molecule has 0 spiro atoms. The summed E-state index contributed by atoms with van der Waals surface area (Å²) in [6.07, 6.45) is 4.73. The summed E-state index contributed by atoms with van der Waals surface area (Å²) in [5.74, 6) is 0.435. The van der Waals surface area contributed by atoms with Crippen LogP contribution in [-0.2, 0) is 17.6 Å². The Morgan fingerprint density at radius 3 is 2.61 bits per heavy atom. The summed E-state index contributed by atoms with van der Waals surface area (Å²) in [4.78, 5) is 12.3. The molecule has 4 rings (SSSR count). The second kappa shape index (κ2) is 7.01. The van der Waals surface area contributed by atoms with Gasteiger partial charge in [-0.25, -0.2) is 4.79 Å². The second-order valence-corrected chi connectivity index (χ2v) is 8.64. The molecule has 0 fully saturated rings. The minimum atomic E-state index is -0.454. The van der Waals surface area contributed by atoms with Crippen LogP contribution in [0.2, 0.25) is 0 Å². The van der Waals surface area contributed by atoms with E-state index in [-0.39, 0.29) is 11.2 Å². The lowest BCUT2D eigenvalue weighted by Gasteiger charge is -2.34. The fourth-order valence-corrected chi connectivity index (χ4v) is 4.29. The van der Waals surface area contributed by atoms with E-state index < -0.39 is 5.97 Å². The molecule has 28 heavy (non-hydrogen) atoms. The summed E-state index contributed by atoms with van der Waals surface area (Å²) >= 11 is 0. The van der Waals surface area contributed by atoms with Crippen LogP contribution in [0.3, 0.4) is 0 Å². The van der Waals surface area contributed by atoms with E-state index in [1.54, 1.807) is 6.26 Å². The van der Waals surface area contributed by atoms with Crippen LogP contribution < -0.4 is 0 Å². The number of hydrogen-bond acceptors (Lipinski definition) is 3. The molecular formula is C24H27NO3. The predicted octanol–water partition coefficient (Wildman–Crippen LogP) is 5.67. The van der Waals surface area contributed by atoms with Crippen LogP contribution in [0.1, 0.15) is 49.0 Å². The van der Waals surface area contributed by atoms with Crippen LogP contribution in [-0.4, -0.2) is 17.6 Å². The number of carbonyl (C=O) groups is 1. The Kier molecular flexibility index (Phi) is 4.66. The van der Waals surface area contributed by atoms with Gasteiger partial charge < -0.3 is 13.7 Å². The Balaban J connectivity index is 1.90. The number of fused-ring (bicyclic) bond motifs is 1. The molecule has 2 heterocycles. The van der Waals surface area contributed by atoms with Gasteiger partial charge in [0.2, 0.25) is 5.76 Å². The van der Waals surface area contributed by atoms with E-state index in [1.165, 1.54) is 18.4 Å². The fourth-order valence-electron chi connectivity index (χ4n) is 4.29. The van der Waals surface area contributed by atoms with Gasteiger partial charge in [-0.3, -0.25) is 0 Å². The average molecular weight is 377 g/mol. The number of ether oxygens (including phenoxy) is 1. The number of hydrogen-bond donors (Lipinski definition) is 0. The van der Waals surface area contributed by atoms with Gasteiger partial charge >= 0.3 is 5.97 Å². The normalized spacial score (nSPS) is 16.6. The van der Waals surface area contributed by atoms with Crippen molar-refractivity contribution in [3.05, 3.63) is 65.7 Å². The number of methoxy groups -OCH3 is 1. The lowest BCUT2D eigenvalue weighted by Crippen LogP contribution is -2.27. The van der Waals surface area contributed by atoms with Gasteiger partial charge in [0.25, 0.3) is 0 Å². The Morgan fingerprint density at radius 2 is 1.93 bits per heavy atom. The van der Waals surface area contributed by atoms with Crippen molar-refractivity contribution in [1.82, 2.24) is 4.57 Å². The Bertz CT molecular complexity index is 989. The first-order chi connectivity index (χ1) is 13.4. The van der Waals surface area contributed by atoms with Gasteiger partial charge in [-0.05, 0) is 47.8 Å². The summed E-state index contributed by atoms with van der Waals surface area (Å²) in [6, 6.07) is 14.5. The number of aromatic nitrogens is 1. The van der Waals surface area contributed by atoms with E-state index in [0.717, 1.165) is 36.2 Å². The summed E-state index contributed by atoms with van der Waals surface area (Å²) in [7, 11) is 1.38. The maximum Gasteiger partial charge on any atom is 0.376 e. The molecule has 1 aliphatic rings. The summed E-state index contributed by atoms with van der Waals surface area (Å²) in [6.45, 7) is 6.97. The molecule has 0 amide bonds. The van der Waals surface area contributed by atoms with Crippen molar-refractivity contribution in [2.45, 2.75) is 40.0 Å². The van der Waals surface area contributed by atoms with Crippen molar-refractivity contribution in [2.24, 2.45) is 11.3 Å². The van der Waals surface area contributed by atoms with Crippen LogP contribution in [0.4, 0.5) is 0 Å². The minimum absolute atomic E-state index is 0.246. The van der Waals surface area contributed by atoms with Crippen molar-refractivity contribution in [1.29, 1.82) is 0 Å². The zero-order valence-corrected chi connectivity index (χ0v) is 17.0. The Hall–Kier alpha value is -2.75. The molecule has 4 heteroatoms. The second-order valence-electron chi connectivity index (χ2n) is 8.64. The highest BCUT2D eigenvalue weighted by atomic mass is 16.5. The first-order valence-corrected chi connectivity index (χ1v) is 9.85. The molecule has 0 saturated carbocycles. The van der Waals surface area contributed by atoms with Crippen molar-refractivity contribution in [3.8, 4) is 16.9 Å². The van der Waals surface area contributed by atoms with E-state index in [0.29, 0.717) is 5.92 Å². The monoisotopic (exact) mass is 377 g/mol. The van der Waals surface area contributed by atoms with E-state index in [9.17, 15) is 4.79 Å². The highest BCUT2D eigenvalue weighted by Gasteiger charge is 2.32. The molecule has 0 bridgehead atoms. The summed E-state index contributed by atoms with van der Waals surface area (Å²) in [5, 5.41) is 0. The quantitative estimate of drug-likeness (QED) is 0.552. The summed E-state index contributed by atoms with van der Waals surface area (Å²) < 4.78 is 12.6. The first-order valence-electron chi connectivity index (χ1n) is 9.85. The van der Waals surface area contributed by atoms with Gasteiger partial charge in [-0.1, -0.05) is 51.1 Å². The van der Waals surface area contributed by atoms with E-state index in [4.69, 9.17) is 9.15 Å². The number of rotatable bonds is 3. The smallest absolute Gasteiger partial charge is 0.376 e. The van der Waals surface area contributed by atoms with Crippen molar-refractivity contribution >= 4 is 5.97 Å². The van der Waals surface area contributed by atoms with E-state index >= 15 is 0 Å². The average Bonchev–Trinajstić information content (AvgIpc) is 3.31. The molecule has 2 aromatic heterocycles. The van der Waals surface area contributed by atoms with Crippen LogP contribution in [0.15, 0.2) is 53.1 Å². The lowest BCUT2D eigenvalue weighted by atomic mass is 9.72. The first kappa shape index (κ1) is 18.6. The van der Waals surface area contributed by atoms with E-state index in [1.807, 2.05) is 24.3 Å². The molecule has 1 atom stereocenters. The fraction of sp³-hybridized carbons (Fsp3) is 0.375. The molecule has 1 aromatic carbocycles.